The minimum atomic E-state index is -0.389. The minimum absolute atomic E-state index is 0.234. The molecule has 86 valence electrons. The first-order chi connectivity index (χ1) is 8.25. The van der Waals surface area contributed by atoms with Crippen LogP contribution < -0.4 is 10.2 Å². The predicted octanol–water partition coefficient (Wildman–Crippen LogP) is 0.781. The summed E-state index contributed by atoms with van der Waals surface area (Å²) < 4.78 is 1.69. The normalized spacial score (nSPS) is 16.4. The van der Waals surface area contributed by atoms with Gasteiger partial charge in [0.15, 0.2) is 0 Å². The topological polar surface area (TPSA) is 66.7 Å². The van der Waals surface area contributed by atoms with Gasteiger partial charge in [0.25, 0.3) is 0 Å². The highest BCUT2D eigenvalue weighted by Crippen LogP contribution is 2.22. The molecule has 0 saturated carbocycles. The summed E-state index contributed by atoms with van der Waals surface area (Å²) in [6.45, 7) is 0.390. The number of anilines is 1. The summed E-state index contributed by atoms with van der Waals surface area (Å²) in [5.74, 6) is -0.234. The van der Waals surface area contributed by atoms with E-state index in [2.05, 4.69) is 10.4 Å². The van der Waals surface area contributed by atoms with Gasteiger partial charge in [-0.2, -0.15) is 5.10 Å². The molecule has 0 bridgehead atoms. The Bertz CT molecular complexity index is 604. The molecule has 0 atom stereocenters. The van der Waals surface area contributed by atoms with Crippen LogP contribution in [0.1, 0.15) is 6.42 Å². The molecule has 6 heteroatoms. The number of hydrogen-bond donors (Lipinski definition) is 1. The molecule has 3 heterocycles. The molecule has 0 unspecified atom stereocenters. The van der Waals surface area contributed by atoms with E-state index >= 15 is 0 Å². The van der Waals surface area contributed by atoms with Crippen LogP contribution in [-0.2, 0) is 4.79 Å². The summed E-state index contributed by atoms with van der Waals surface area (Å²) in [5.41, 5.74) is 1.56. The van der Waals surface area contributed by atoms with Crippen LogP contribution in [0.25, 0.3) is 5.52 Å². The lowest BCUT2D eigenvalue weighted by Gasteiger charge is -2.25. The van der Waals surface area contributed by atoms with Crippen molar-refractivity contribution in [3.63, 3.8) is 0 Å². The van der Waals surface area contributed by atoms with Crippen molar-refractivity contribution in [2.45, 2.75) is 6.42 Å². The summed E-state index contributed by atoms with van der Waals surface area (Å²) >= 11 is 0. The Morgan fingerprint density at radius 2 is 2.18 bits per heavy atom. The van der Waals surface area contributed by atoms with Gasteiger partial charge in [-0.25, -0.2) is 9.31 Å². The van der Waals surface area contributed by atoms with Crippen LogP contribution in [0.3, 0.4) is 0 Å². The predicted molar refractivity (Wildman–Crippen MR) is 60.7 cm³/mol. The van der Waals surface area contributed by atoms with E-state index in [1.807, 2.05) is 24.4 Å². The van der Waals surface area contributed by atoms with E-state index in [4.69, 9.17) is 0 Å². The Morgan fingerprint density at radius 1 is 1.29 bits per heavy atom. The molecule has 1 aliphatic rings. The first kappa shape index (κ1) is 9.83. The average molecular weight is 230 g/mol. The number of amides is 3. The van der Waals surface area contributed by atoms with Gasteiger partial charge in [-0.05, 0) is 12.1 Å². The maximum atomic E-state index is 11.7. The van der Waals surface area contributed by atoms with Crippen LogP contribution in [0.5, 0.6) is 0 Å². The lowest BCUT2D eigenvalue weighted by Crippen LogP contribution is -2.49. The van der Waals surface area contributed by atoms with Crippen molar-refractivity contribution in [1.29, 1.82) is 0 Å². The monoisotopic (exact) mass is 230 g/mol. The fourth-order valence-electron chi connectivity index (χ4n) is 1.92. The van der Waals surface area contributed by atoms with Crippen molar-refractivity contribution >= 4 is 23.1 Å². The molecule has 3 amide bonds. The maximum Gasteiger partial charge on any atom is 0.328 e. The summed E-state index contributed by atoms with van der Waals surface area (Å²) in [6.07, 6.45) is 3.76. The molecule has 1 N–H and O–H groups in total. The van der Waals surface area contributed by atoms with Crippen LogP contribution in [0.2, 0.25) is 0 Å². The second kappa shape index (κ2) is 3.58. The molecule has 3 rings (SSSR count). The van der Waals surface area contributed by atoms with Crippen LogP contribution in [-0.4, -0.2) is 28.1 Å². The third kappa shape index (κ3) is 1.54. The molecule has 2 aromatic rings. The Kier molecular flexibility index (Phi) is 2.07. The summed E-state index contributed by atoms with van der Waals surface area (Å²) in [7, 11) is 0. The molecule has 1 aliphatic heterocycles. The number of carbonyl (C=O) groups excluding carboxylic acids is 2. The maximum absolute atomic E-state index is 11.7. The quantitative estimate of drug-likeness (QED) is 0.787. The largest absolute Gasteiger partial charge is 0.328 e. The molecule has 0 aliphatic carbocycles. The van der Waals surface area contributed by atoms with E-state index in [1.54, 1.807) is 10.7 Å². The zero-order valence-corrected chi connectivity index (χ0v) is 8.96. The number of urea groups is 1. The first-order valence-corrected chi connectivity index (χ1v) is 5.29. The molecule has 1 saturated heterocycles. The number of carbonyl (C=O) groups is 2. The zero-order valence-electron chi connectivity index (χ0n) is 8.96. The van der Waals surface area contributed by atoms with Crippen LogP contribution in [0, 0.1) is 0 Å². The smallest absolute Gasteiger partial charge is 0.290 e. The van der Waals surface area contributed by atoms with Gasteiger partial charge in [-0.15, -0.1) is 0 Å². The molecule has 2 aromatic heterocycles. The molecule has 0 spiro atoms. The van der Waals surface area contributed by atoms with Crippen molar-refractivity contribution < 1.29 is 9.59 Å². The number of imide groups is 1. The van der Waals surface area contributed by atoms with E-state index in [0.717, 1.165) is 11.2 Å². The standard InChI is InChI=1S/C11H10N4O2/c16-10-4-6-14(11(17)13-10)9-7-12-15-5-2-1-3-8(9)15/h1-3,5,7H,4,6H2,(H,13,16,17). The molecular formula is C11H10N4O2. The van der Waals surface area contributed by atoms with E-state index in [-0.39, 0.29) is 11.9 Å². The van der Waals surface area contributed by atoms with E-state index in [1.165, 1.54) is 4.90 Å². The van der Waals surface area contributed by atoms with Gasteiger partial charge < -0.3 is 0 Å². The van der Waals surface area contributed by atoms with Gasteiger partial charge in [-0.3, -0.25) is 15.0 Å². The fourth-order valence-corrected chi connectivity index (χ4v) is 1.92. The van der Waals surface area contributed by atoms with Gasteiger partial charge in [0.05, 0.1) is 17.4 Å². The van der Waals surface area contributed by atoms with Gasteiger partial charge in [0.2, 0.25) is 5.91 Å². The number of nitrogens with zero attached hydrogens (tertiary/aromatic N) is 3. The Hall–Kier alpha value is -2.37. The third-order valence-corrected chi connectivity index (χ3v) is 2.75. The molecule has 1 fully saturated rings. The number of fused-ring (bicyclic) bond motifs is 1. The fraction of sp³-hybridized carbons (Fsp3) is 0.182. The molecule has 17 heavy (non-hydrogen) atoms. The third-order valence-electron chi connectivity index (χ3n) is 2.75. The Balaban J connectivity index is 2.04. The minimum Gasteiger partial charge on any atom is -0.290 e. The second-order valence-corrected chi connectivity index (χ2v) is 3.82. The van der Waals surface area contributed by atoms with Gasteiger partial charge >= 0.3 is 6.03 Å². The van der Waals surface area contributed by atoms with Crippen molar-refractivity contribution in [3.05, 3.63) is 30.6 Å². The van der Waals surface area contributed by atoms with Crippen LogP contribution in [0.4, 0.5) is 10.5 Å². The van der Waals surface area contributed by atoms with E-state index in [0.29, 0.717) is 13.0 Å². The molecule has 6 nitrogen and oxygen atoms in total. The van der Waals surface area contributed by atoms with Crippen molar-refractivity contribution in [3.8, 4) is 0 Å². The Morgan fingerprint density at radius 3 is 3.00 bits per heavy atom. The van der Waals surface area contributed by atoms with Crippen LogP contribution in [0.15, 0.2) is 30.6 Å². The first-order valence-electron chi connectivity index (χ1n) is 5.29. The second-order valence-electron chi connectivity index (χ2n) is 3.82. The highest BCUT2D eigenvalue weighted by molar-refractivity contribution is 6.07. The Labute approximate surface area is 96.8 Å². The van der Waals surface area contributed by atoms with Crippen molar-refractivity contribution in [2.24, 2.45) is 0 Å². The lowest BCUT2D eigenvalue weighted by molar-refractivity contribution is -0.120. The summed E-state index contributed by atoms with van der Waals surface area (Å²) in [6, 6.07) is 5.24. The molecule has 0 radical (unpaired) electrons. The molecular weight excluding hydrogens is 220 g/mol. The van der Waals surface area contributed by atoms with E-state index < -0.39 is 0 Å². The van der Waals surface area contributed by atoms with Gasteiger partial charge in [-0.1, -0.05) is 6.07 Å². The summed E-state index contributed by atoms with van der Waals surface area (Å²) in [4.78, 5) is 24.3. The lowest BCUT2D eigenvalue weighted by atomic mass is 10.2. The highest BCUT2D eigenvalue weighted by atomic mass is 16.2. The summed E-state index contributed by atoms with van der Waals surface area (Å²) in [5, 5.41) is 6.45. The van der Waals surface area contributed by atoms with Gasteiger partial charge in [0.1, 0.15) is 0 Å². The number of aromatic nitrogens is 2. The number of rotatable bonds is 1. The number of hydrogen-bond acceptors (Lipinski definition) is 3. The van der Waals surface area contributed by atoms with Crippen molar-refractivity contribution in [1.82, 2.24) is 14.9 Å². The van der Waals surface area contributed by atoms with E-state index in [9.17, 15) is 9.59 Å². The van der Waals surface area contributed by atoms with Gasteiger partial charge in [0, 0.05) is 19.2 Å². The average Bonchev–Trinajstić information content (AvgIpc) is 2.73. The highest BCUT2D eigenvalue weighted by Gasteiger charge is 2.26. The number of nitrogens with one attached hydrogen (secondary N) is 1. The number of pyridine rings is 1. The van der Waals surface area contributed by atoms with Crippen molar-refractivity contribution in [2.75, 3.05) is 11.4 Å². The zero-order chi connectivity index (χ0) is 11.8. The molecule has 0 aromatic carbocycles. The SMILES string of the molecule is O=C1CCN(c2cnn3ccccc23)C(=O)N1. The van der Waals surface area contributed by atoms with Crippen LogP contribution >= 0.6 is 0 Å².